The van der Waals surface area contributed by atoms with E-state index in [-0.39, 0.29) is 0 Å². The lowest BCUT2D eigenvalue weighted by atomic mass is 10.2. The van der Waals surface area contributed by atoms with Gasteiger partial charge in [0, 0.05) is 12.7 Å². The third kappa shape index (κ3) is 2.64. The van der Waals surface area contributed by atoms with Crippen molar-refractivity contribution in [3.8, 4) is 0 Å². The molecule has 2 rings (SSSR count). The maximum atomic E-state index is 6.00. The lowest BCUT2D eigenvalue weighted by molar-refractivity contribution is 0.528. The van der Waals surface area contributed by atoms with Crippen LogP contribution in [0.2, 0.25) is 0 Å². The van der Waals surface area contributed by atoms with Crippen LogP contribution in [0.3, 0.4) is 0 Å². The first-order valence-electron chi connectivity index (χ1n) is 6.03. The van der Waals surface area contributed by atoms with E-state index >= 15 is 0 Å². The number of fused-ring (bicyclic) bond motifs is 1. The summed E-state index contributed by atoms with van der Waals surface area (Å²) in [7, 11) is 0. The quantitative estimate of drug-likeness (QED) is 0.787. The molecule has 0 bridgehead atoms. The molecule has 0 amide bonds. The van der Waals surface area contributed by atoms with Crippen LogP contribution in [-0.2, 0) is 12.4 Å². The molecule has 5 heteroatoms. The Bertz CT molecular complexity index is 538. The molecule has 0 aliphatic heterocycles. The second kappa shape index (κ2) is 5.93. The molecule has 1 atom stereocenters. The number of rotatable bonds is 5. The van der Waals surface area contributed by atoms with Gasteiger partial charge in [-0.3, -0.25) is 0 Å². The maximum Gasteiger partial charge on any atom is 0.160 e. The molecular formula is C13H18ClN3S. The van der Waals surface area contributed by atoms with Crippen molar-refractivity contribution in [2.75, 3.05) is 12.0 Å². The van der Waals surface area contributed by atoms with Crippen LogP contribution < -0.4 is 0 Å². The van der Waals surface area contributed by atoms with Crippen molar-refractivity contribution in [1.82, 2.24) is 14.5 Å². The van der Waals surface area contributed by atoms with E-state index in [0.717, 1.165) is 34.8 Å². The highest BCUT2D eigenvalue weighted by molar-refractivity contribution is 7.98. The van der Waals surface area contributed by atoms with E-state index in [0.29, 0.717) is 11.8 Å². The van der Waals surface area contributed by atoms with E-state index in [1.54, 1.807) is 0 Å². The average Bonchev–Trinajstić information content (AvgIpc) is 2.69. The topological polar surface area (TPSA) is 30.7 Å². The van der Waals surface area contributed by atoms with Crippen molar-refractivity contribution >= 4 is 34.5 Å². The smallest absolute Gasteiger partial charge is 0.160 e. The Kier molecular flexibility index (Phi) is 4.51. The van der Waals surface area contributed by atoms with Gasteiger partial charge in [-0.2, -0.15) is 11.8 Å². The van der Waals surface area contributed by atoms with Gasteiger partial charge < -0.3 is 4.57 Å². The minimum atomic E-state index is 0.432. The van der Waals surface area contributed by atoms with Gasteiger partial charge in [-0.25, -0.2) is 9.97 Å². The first-order valence-corrected chi connectivity index (χ1v) is 7.95. The number of hydrogen-bond donors (Lipinski definition) is 0. The fraction of sp³-hybridized carbons (Fsp3) is 0.538. The molecule has 0 aliphatic carbocycles. The standard InChI is InChI=1S/C13H18ClN3S/c1-9(8-18-3)7-17-11(6-14)16-12-10(2)4-5-15-13(12)17/h4-5,9H,6-8H2,1-3H3. The molecule has 98 valence electrons. The molecule has 3 nitrogen and oxygen atoms in total. The Morgan fingerprint density at radius 3 is 2.94 bits per heavy atom. The number of hydrogen-bond acceptors (Lipinski definition) is 3. The van der Waals surface area contributed by atoms with Gasteiger partial charge in [0.05, 0.1) is 5.88 Å². The van der Waals surface area contributed by atoms with Gasteiger partial charge in [-0.15, -0.1) is 11.6 Å². The zero-order valence-corrected chi connectivity index (χ0v) is 12.6. The van der Waals surface area contributed by atoms with Crippen molar-refractivity contribution in [2.45, 2.75) is 26.3 Å². The van der Waals surface area contributed by atoms with Crippen LogP contribution in [0.5, 0.6) is 0 Å². The van der Waals surface area contributed by atoms with Crippen LogP contribution in [0, 0.1) is 12.8 Å². The summed E-state index contributed by atoms with van der Waals surface area (Å²) in [6, 6.07) is 1.99. The van der Waals surface area contributed by atoms with E-state index < -0.39 is 0 Å². The molecule has 0 saturated heterocycles. The Morgan fingerprint density at radius 2 is 2.28 bits per heavy atom. The molecule has 0 spiro atoms. The summed E-state index contributed by atoms with van der Waals surface area (Å²) < 4.78 is 2.16. The second-order valence-electron chi connectivity index (χ2n) is 4.63. The normalized spacial score (nSPS) is 13.1. The Morgan fingerprint density at radius 1 is 1.50 bits per heavy atom. The first kappa shape index (κ1) is 13.7. The molecular weight excluding hydrogens is 266 g/mol. The van der Waals surface area contributed by atoms with Gasteiger partial charge in [-0.1, -0.05) is 6.92 Å². The van der Waals surface area contributed by atoms with Crippen LogP contribution >= 0.6 is 23.4 Å². The van der Waals surface area contributed by atoms with Crippen molar-refractivity contribution in [3.63, 3.8) is 0 Å². The predicted molar refractivity (Wildman–Crippen MR) is 79.4 cm³/mol. The van der Waals surface area contributed by atoms with Gasteiger partial charge in [0.25, 0.3) is 0 Å². The zero-order valence-electron chi connectivity index (χ0n) is 11.0. The van der Waals surface area contributed by atoms with Crippen molar-refractivity contribution < 1.29 is 0 Å². The first-order chi connectivity index (χ1) is 8.67. The largest absolute Gasteiger partial charge is 0.311 e. The van der Waals surface area contributed by atoms with Gasteiger partial charge in [-0.05, 0) is 36.5 Å². The van der Waals surface area contributed by atoms with Crippen LogP contribution in [0.4, 0.5) is 0 Å². The van der Waals surface area contributed by atoms with Crippen LogP contribution in [0.1, 0.15) is 18.3 Å². The average molecular weight is 284 g/mol. The Labute approximate surface area is 117 Å². The summed E-state index contributed by atoms with van der Waals surface area (Å²) in [6.45, 7) is 5.23. The highest BCUT2D eigenvalue weighted by atomic mass is 35.5. The number of alkyl halides is 1. The summed E-state index contributed by atoms with van der Waals surface area (Å²) in [5.41, 5.74) is 3.09. The van der Waals surface area contributed by atoms with Gasteiger partial charge >= 0.3 is 0 Å². The van der Waals surface area contributed by atoms with Gasteiger partial charge in [0.2, 0.25) is 0 Å². The number of pyridine rings is 1. The van der Waals surface area contributed by atoms with E-state index in [1.165, 1.54) is 0 Å². The molecule has 2 aromatic heterocycles. The van der Waals surface area contributed by atoms with E-state index in [2.05, 4.69) is 34.6 Å². The molecule has 2 aromatic rings. The molecule has 0 saturated carbocycles. The monoisotopic (exact) mass is 283 g/mol. The fourth-order valence-corrected chi connectivity index (χ4v) is 3.00. The van der Waals surface area contributed by atoms with Crippen molar-refractivity contribution in [3.05, 3.63) is 23.7 Å². The summed E-state index contributed by atoms with van der Waals surface area (Å²) >= 11 is 7.87. The fourth-order valence-electron chi connectivity index (χ4n) is 2.13. The third-order valence-electron chi connectivity index (χ3n) is 2.98. The van der Waals surface area contributed by atoms with Crippen molar-refractivity contribution in [1.29, 1.82) is 0 Å². The number of halogens is 1. The van der Waals surface area contributed by atoms with E-state index in [1.807, 2.05) is 24.0 Å². The number of nitrogens with zero attached hydrogens (tertiary/aromatic N) is 3. The lowest BCUT2D eigenvalue weighted by Crippen LogP contribution is -2.12. The molecule has 18 heavy (non-hydrogen) atoms. The maximum absolute atomic E-state index is 6.00. The number of imidazole rings is 1. The van der Waals surface area contributed by atoms with Crippen LogP contribution in [0.25, 0.3) is 11.2 Å². The SMILES string of the molecule is CSCC(C)Cn1c(CCl)nc2c(C)ccnc21. The predicted octanol–water partition coefficient (Wildman–Crippen LogP) is 3.48. The molecule has 2 heterocycles. The zero-order chi connectivity index (χ0) is 13.1. The highest BCUT2D eigenvalue weighted by Crippen LogP contribution is 2.20. The summed E-state index contributed by atoms with van der Waals surface area (Å²) in [4.78, 5) is 9.06. The summed E-state index contributed by atoms with van der Waals surface area (Å²) in [5.74, 6) is 3.07. The second-order valence-corrected chi connectivity index (χ2v) is 5.81. The Balaban J connectivity index is 2.44. The third-order valence-corrected chi connectivity index (χ3v) is 4.12. The van der Waals surface area contributed by atoms with Crippen molar-refractivity contribution in [2.24, 2.45) is 5.92 Å². The minimum absolute atomic E-state index is 0.432. The van der Waals surface area contributed by atoms with E-state index in [4.69, 9.17) is 11.6 Å². The molecule has 0 radical (unpaired) electrons. The van der Waals surface area contributed by atoms with Gasteiger partial charge in [0.1, 0.15) is 11.3 Å². The summed E-state index contributed by atoms with van der Waals surface area (Å²) in [5, 5.41) is 0. The molecule has 0 N–H and O–H groups in total. The minimum Gasteiger partial charge on any atom is -0.311 e. The van der Waals surface area contributed by atoms with Crippen LogP contribution in [0.15, 0.2) is 12.3 Å². The molecule has 1 unspecified atom stereocenters. The highest BCUT2D eigenvalue weighted by Gasteiger charge is 2.14. The van der Waals surface area contributed by atoms with E-state index in [9.17, 15) is 0 Å². The van der Waals surface area contributed by atoms with Crippen LogP contribution in [-0.4, -0.2) is 26.5 Å². The lowest BCUT2D eigenvalue weighted by Gasteiger charge is -2.13. The Hall–Kier alpha value is -0.740. The molecule has 0 fully saturated rings. The van der Waals surface area contributed by atoms with Gasteiger partial charge in [0.15, 0.2) is 5.65 Å². The summed E-state index contributed by atoms with van der Waals surface area (Å²) in [6.07, 6.45) is 3.97. The molecule has 0 aliphatic rings. The number of aryl methyl sites for hydroxylation is 1. The number of thioether (sulfide) groups is 1. The molecule has 0 aromatic carbocycles. The number of aromatic nitrogens is 3.